The van der Waals surface area contributed by atoms with Gasteiger partial charge in [0.25, 0.3) is 5.91 Å². The Morgan fingerprint density at radius 1 is 1.60 bits per heavy atom. The van der Waals surface area contributed by atoms with Crippen molar-refractivity contribution in [2.75, 3.05) is 0 Å². The smallest absolute Gasteiger partial charge is 0.251 e. The summed E-state index contributed by atoms with van der Waals surface area (Å²) in [6, 6.07) is 4.08. The van der Waals surface area contributed by atoms with Crippen LogP contribution in [0.25, 0.3) is 0 Å². The Hall–Kier alpha value is -1.38. The third kappa shape index (κ3) is 2.78. The van der Waals surface area contributed by atoms with Gasteiger partial charge in [-0.1, -0.05) is 13.3 Å². The SMILES string of the molecule is CCCc1cc(C(=O)NC2CC2)ccn1. The predicted molar refractivity (Wildman–Crippen MR) is 58.7 cm³/mol. The highest BCUT2D eigenvalue weighted by molar-refractivity contribution is 5.94. The number of carbonyl (C=O) groups is 1. The molecule has 3 nitrogen and oxygen atoms in total. The average Bonchev–Trinajstić information content (AvgIpc) is 3.03. The molecule has 15 heavy (non-hydrogen) atoms. The van der Waals surface area contributed by atoms with E-state index in [2.05, 4.69) is 17.2 Å². The largest absolute Gasteiger partial charge is 0.349 e. The Balaban J connectivity index is 2.05. The molecule has 1 heterocycles. The van der Waals surface area contributed by atoms with Gasteiger partial charge in [-0.05, 0) is 31.4 Å². The molecule has 0 unspecified atom stereocenters. The van der Waals surface area contributed by atoms with Crippen molar-refractivity contribution < 1.29 is 4.79 Å². The first kappa shape index (κ1) is 10.1. The molecule has 0 radical (unpaired) electrons. The van der Waals surface area contributed by atoms with E-state index < -0.39 is 0 Å². The molecule has 0 bridgehead atoms. The number of pyridine rings is 1. The fraction of sp³-hybridized carbons (Fsp3) is 0.500. The van der Waals surface area contributed by atoms with Gasteiger partial charge in [-0.15, -0.1) is 0 Å². The van der Waals surface area contributed by atoms with Gasteiger partial charge in [0, 0.05) is 23.5 Å². The van der Waals surface area contributed by atoms with Crippen LogP contribution in [0.3, 0.4) is 0 Å². The van der Waals surface area contributed by atoms with Crippen LogP contribution in [0, 0.1) is 0 Å². The Morgan fingerprint density at radius 3 is 3.07 bits per heavy atom. The van der Waals surface area contributed by atoms with E-state index >= 15 is 0 Å². The third-order valence-electron chi connectivity index (χ3n) is 2.50. The number of hydrogen-bond acceptors (Lipinski definition) is 2. The van der Waals surface area contributed by atoms with Crippen LogP contribution >= 0.6 is 0 Å². The Bertz CT molecular complexity index is 358. The van der Waals surface area contributed by atoms with Crippen molar-refractivity contribution in [3.63, 3.8) is 0 Å². The van der Waals surface area contributed by atoms with Gasteiger partial charge < -0.3 is 5.32 Å². The molecule has 1 saturated carbocycles. The molecule has 0 saturated heterocycles. The molecule has 1 aliphatic rings. The number of aromatic nitrogens is 1. The first-order valence-electron chi connectivity index (χ1n) is 5.55. The van der Waals surface area contributed by atoms with Crippen LogP contribution in [0.2, 0.25) is 0 Å². The number of nitrogens with zero attached hydrogens (tertiary/aromatic N) is 1. The van der Waals surface area contributed by atoms with E-state index in [-0.39, 0.29) is 5.91 Å². The summed E-state index contributed by atoms with van der Waals surface area (Å²) in [6.07, 6.45) is 5.95. The van der Waals surface area contributed by atoms with Crippen molar-refractivity contribution in [2.24, 2.45) is 0 Å². The molecule has 0 atom stereocenters. The summed E-state index contributed by atoms with van der Waals surface area (Å²) < 4.78 is 0. The van der Waals surface area contributed by atoms with E-state index in [0.29, 0.717) is 6.04 Å². The molecule has 0 aliphatic heterocycles. The first-order chi connectivity index (χ1) is 7.29. The molecule has 1 amide bonds. The Labute approximate surface area is 89.9 Å². The van der Waals surface area contributed by atoms with Gasteiger partial charge in [0.1, 0.15) is 0 Å². The lowest BCUT2D eigenvalue weighted by atomic mass is 10.1. The molecule has 0 aromatic carbocycles. The van der Waals surface area contributed by atoms with Crippen molar-refractivity contribution >= 4 is 5.91 Å². The minimum absolute atomic E-state index is 0.0391. The minimum atomic E-state index is 0.0391. The number of nitrogens with one attached hydrogen (secondary N) is 1. The van der Waals surface area contributed by atoms with Gasteiger partial charge in [0.2, 0.25) is 0 Å². The maximum absolute atomic E-state index is 11.7. The summed E-state index contributed by atoms with van der Waals surface area (Å²) >= 11 is 0. The normalized spacial score (nSPS) is 15.0. The van der Waals surface area contributed by atoms with Crippen LogP contribution in [0.5, 0.6) is 0 Å². The van der Waals surface area contributed by atoms with Crippen molar-refractivity contribution in [2.45, 2.75) is 38.6 Å². The summed E-state index contributed by atoms with van der Waals surface area (Å²) in [5.41, 5.74) is 1.74. The van der Waals surface area contributed by atoms with Crippen molar-refractivity contribution in [1.82, 2.24) is 10.3 Å². The molecule has 1 aliphatic carbocycles. The number of amides is 1. The van der Waals surface area contributed by atoms with E-state index in [1.807, 2.05) is 6.07 Å². The molecule has 1 N–H and O–H groups in total. The highest BCUT2D eigenvalue weighted by Crippen LogP contribution is 2.19. The van der Waals surface area contributed by atoms with Gasteiger partial charge in [-0.3, -0.25) is 9.78 Å². The summed E-state index contributed by atoms with van der Waals surface area (Å²) in [7, 11) is 0. The van der Waals surface area contributed by atoms with E-state index in [1.165, 1.54) is 0 Å². The van der Waals surface area contributed by atoms with Crippen LogP contribution in [0.4, 0.5) is 0 Å². The second-order valence-corrected chi connectivity index (χ2v) is 4.03. The number of aryl methyl sites for hydroxylation is 1. The number of hydrogen-bond donors (Lipinski definition) is 1. The minimum Gasteiger partial charge on any atom is -0.349 e. The summed E-state index contributed by atoms with van der Waals surface area (Å²) in [6.45, 7) is 2.11. The number of rotatable bonds is 4. The molecule has 2 rings (SSSR count). The van der Waals surface area contributed by atoms with Gasteiger partial charge in [-0.2, -0.15) is 0 Å². The van der Waals surface area contributed by atoms with Gasteiger partial charge >= 0.3 is 0 Å². The molecular formula is C12H16N2O. The van der Waals surface area contributed by atoms with Crippen LogP contribution in [-0.4, -0.2) is 16.9 Å². The second kappa shape index (κ2) is 4.43. The lowest BCUT2D eigenvalue weighted by Gasteiger charge is -2.04. The van der Waals surface area contributed by atoms with Gasteiger partial charge in [0.15, 0.2) is 0 Å². The van der Waals surface area contributed by atoms with Crippen LogP contribution in [0.15, 0.2) is 18.3 Å². The zero-order valence-corrected chi connectivity index (χ0v) is 8.99. The molecule has 1 aromatic heterocycles. The maximum Gasteiger partial charge on any atom is 0.251 e. The molecule has 0 spiro atoms. The van der Waals surface area contributed by atoms with E-state index in [1.54, 1.807) is 12.3 Å². The van der Waals surface area contributed by atoms with Crippen molar-refractivity contribution in [1.29, 1.82) is 0 Å². The third-order valence-corrected chi connectivity index (χ3v) is 2.50. The Morgan fingerprint density at radius 2 is 2.40 bits per heavy atom. The molecule has 1 fully saturated rings. The zero-order chi connectivity index (χ0) is 10.7. The molecular weight excluding hydrogens is 188 g/mol. The first-order valence-corrected chi connectivity index (χ1v) is 5.55. The van der Waals surface area contributed by atoms with Crippen LogP contribution in [0.1, 0.15) is 42.2 Å². The summed E-state index contributed by atoms with van der Waals surface area (Å²) in [5, 5.41) is 2.97. The average molecular weight is 204 g/mol. The fourth-order valence-electron chi connectivity index (χ4n) is 1.51. The summed E-state index contributed by atoms with van der Waals surface area (Å²) in [4.78, 5) is 15.9. The second-order valence-electron chi connectivity index (χ2n) is 4.03. The quantitative estimate of drug-likeness (QED) is 0.814. The maximum atomic E-state index is 11.7. The highest BCUT2D eigenvalue weighted by Gasteiger charge is 2.23. The lowest BCUT2D eigenvalue weighted by molar-refractivity contribution is 0.0951. The topological polar surface area (TPSA) is 42.0 Å². The van der Waals surface area contributed by atoms with Crippen LogP contribution < -0.4 is 5.32 Å². The summed E-state index contributed by atoms with van der Waals surface area (Å²) in [5.74, 6) is 0.0391. The van der Waals surface area contributed by atoms with Crippen molar-refractivity contribution in [3.05, 3.63) is 29.6 Å². The van der Waals surface area contributed by atoms with Gasteiger partial charge in [-0.25, -0.2) is 0 Å². The number of carbonyl (C=O) groups excluding carboxylic acids is 1. The predicted octanol–water partition coefficient (Wildman–Crippen LogP) is 1.93. The lowest BCUT2D eigenvalue weighted by Crippen LogP contribution is -2.25. The Kier molecular flexibility index (Phi) is 2.99. The zero-order valence-electron chi connectivity index (χ0n) is 8.99. The monoisotopic (exact) mass is 204 g/mol. The van der Waals surface area contributed by atoms with E-state index in [4.69, 9.17) is 0 Å². The van der Waals surface area contributed by atoms with E-state index in [9.17, 15) is 4.79 Å². The van der Waals surface area contributed by atoms with Gasteiger partial charge in [0.05, 0.1) is 0 Å². The van der Waals surface area contributed by atoms with E-state index in [0.717, 1.165) is 36.9 Å². The fourth-order valence-corrected chi connectivity index (χ4v) is 1.51. The molecule has 80 valence electrons. The standard InChI is InChI=1S/C12H16N2O/c1-2-3-11-8-9(6-7-13-11)12(15)14-10-4-5-10/h6-8,10H,2-5H2,1H3,(H,14,15). The molecule has 1 aromatic rings. The van der Waals surface area contributed by atoms with Crippen LogP contribution in [-0.2, 0) is 6.42 Å². The van der Waals surface area contributed by atoms with Crippen molar-refractivity contribution in [3.8, 4) is 0 Å². The molecule has 3 heteroatoms. The highest BCUT2D eigenvalue weighted by atomic mass is 16.1.